The molecule has 1 aromatic heterocycles. The van der Waals surface area contributed by atoms with E-state index in [1.54, 1.807) is 6.33 Å². The normalized spacial score (nSPS) is 20.7. The highest BCUT2D eigenvalue weighted by Gasteiger charge is 2.21. The zero-order valence-corrected chi connectivity index (χ0v) is 9.08. The summed E-state index contributed by atoms with van der Waals surface area (Å²) in [6.45, 7) is 4.72. The topological polar surface area (TPSA) is 25.8 Å². The van der Waals surface area contributed by atoms with Gasteiger partial charge in [-0.05, 0) is 43.1 Å². The first kappa shape index (κ1) is 9.63. The van der Waals surface area contributed by atoms with Crippen molar-refractivity contribution < 1.29 is 0 Å². The second-order valence-corrected chi connectivity index (χ2v) is 5.01. The minimum Gasteiger partial charge on any atom is -0.245 e. The van der Waals surface area contributed by atoms with Crippen LogP contribution in [0, 0.1) is 5.41 Å². The molecule has 0 bridgehead atoms. The summed E-state index contributed by atoms with van der Waals surface area (Å²) in [7, 11) is 0. The molecule has 0 atom stereocenters. The molecule has 2 rings (SSSR count). The summed E-state index contributed by atoms with van der Waals surface area (Å²) in [5, 5.41) is 0. The van der Waals surface area contributed by atoms with Gasteiger partial charge in [0.1, 0.15) is 6.33 Å². The summed E-state index contributed by atoms with van der Waals surface area (Å²) >= 11 is 0. The lowest BCUT2D eigenvalue weighted by Gasteiger charge is -2.27. The van der Waals surface area contributed by atoms with Crippen LogP contribution in [-0.2, 0) is 12.8 Å². The fraction of sp³-hybridized carbons (Fsp3) is 0.667. The van der Waals surface area contributed by atoms with Crippen molar-refractivity contribution in [3.8, 4) is 0 Å². The molecule has 1 heterocycles. The van der Waals surface area contributed by atoms with Crippen molar-refractivity contribution >= 4 is 0 Å². The first-order chi connectivity index (χ1) is 6.67. The Morgan fingerprint density at radius 3 is 2.93 bits per heavy atom. The molecule has 14 heavy (non-hydrogen) atoms. The number of aromatic nitrogens is 2. The van der Waals surface area contributed by atoms with Gasteiger partial charge in [0, 0.05) is 11.9 Å². The first-order valence-corrected chi connectivity index (χ1v) is 5.45. The molecule has 2 nitrogen and oxygen atoms in total. The summed E-state index contributed by atoms with van der Waals surface area (Å²) in [6, 6.07) is 0. The number of rotatable bonds is 0. The maximum atomic E-state index is 4.38. The van der Waals surface area contributed by atoms with E-state index in [-0.39, 0.29) is 0 Å². The predicted octanol–water partition coefficient (Wildman–Crippen LogP) is 2.77. The van der Waals surface area contributed by atoms with E-state index < -0.39 is 0 Å². The second-order valence-electron chi connectivity index (χ2n) is 5.01. The highest BCUT2D eigenvalue weighted by molar-refractivity contribution is 5.17. The lowest BCUT2D eigenvalue weighted by atomic mass is 9.79. The molecule has 76 valence electrons. The molecule has 1 aliphatic carbocycles. The van der Waals surface area contributed by atoms with Gasteiger partial charge in [-0.25, -0.2) is 9.97 Å². The largest absolute Gasteiger partial charge is 0.245 e. The molecule has 0 amide bonds. The highest BCUT2D eigenvalue weighted by atomic mass is 14.8. The van der Waals surface area contributed by atoms with Gasteiger partial charge in [0.2, 0.25) is 0 Å². The molecule has 0 saturated carbocycles. The molecule has 0 aliphatic heterocycles. The third kappa shape index (κ3) is 2.11. The van der Waals surface area contributed by atoms with Crippen LogP contribution in [0.2, 0.25) is 0 Å². The summed E-state index contributed by atoms with van der Waals surface area (Å²) < 4.78 is 0. The molecule has 0 fully saturated rings. The van der Waals surface area contributed by atoms with E-state index >= 15 is 0 Å². The number of aryl methyl sites for hydroxylation is 2. The Labute approximate surface area is 85.8 Å². The van der Waals surface area contributed by atoms with E-state index in [4.69, 9.17) is 0 Å². The van der Waals surface area contributed by atoms with Crippen LogP contribution in [0.25, 0.3) is 0 Å². The monoisotopic (exact) mass is 190 g/mol. The standard InChI is InChI=1S/C12H18N2/c1-12(2)6-3-4-10-8-13-9-14-11(10)5-7-12/h8-9H,3-7H2,1-2H3. The smallest absolute Gasteiger partial charge is 0.115 e. The summed E-state index contributed by atoms with van der Waals surface area (Å²) in [4.78, 5) is 8.47. The van der Waals surface area contributed by atoms with Crippen molar-refractivity contribution in [1.29, 1.82) is 0 Å². The zero-order chi connectivity index (χ0) is 10.0. The Morgan fingerprint density at radius 1 is 1.21 bits per heavy atom. The van der Waals surface area contributed by atoms with Gasteiger partial charge < -0.3 is 0 Å². The lowest BCUT2D eigenvalue weighted by molar-refractivity contribution is 0.292. The number of hydrogen-bond donors (Lipinski definition) is 0. The molecule has 1 aromatic rings. The molecule has 0 radical (unpaired) electrons. The molecule has 0 spiro atoms. The quantitative estimate of drug-likeness (QED) is 0.628. The van der Waals surface area contributed by atoms with Crippen molar-refractivity contribution in [2.24, 2.45) is 5.41 Å². The molecule has 2 heteroatoms. The van der Waals surface area contributed by atoms with Crippen molar-refractivity contribution in [1.82, 2.24) is 9.97 Å². The van der Waals surface area contributed by atoms with E-state index in [2.05, 4.69) is 23.8 Å². The molecule has 1 aliphatic rings. The van der Waals surface area contributed by atoms with E-state index in [1.807, 2.05) is 6.20 Å². The second kappa shape index (κ2) is 3.68. The maximum Gasteiger partial charge on any atom is 0.115 e. The molecule has 0 unspecified atom stereocenters. The molecule has 0 aromatic carbocycles. The Kier molecular flexibility index (Phi) is 2.53. The number of fused-ring (bicyclic) bond motifs is 1. The van der Waals surface area contributed by atoms with Crippen molar-refractivity contribution in [2.75, 3.05) is 0 Å². The summed E-state index contributed by atoms with van der Waals surface area (Å²) in [5.41, 5.74) is 3.12. The van der Waals surface area contributed by atoms with Gasteiger partial charge in [-0.1, -0.05) is 13.8 Å². The van der Waals surface area contributed by atoms with Gasteiger partial charge in [-0.2, -0.15) is 0 Å². The van der Waals surface area contributed by atoms with E-state index in [1.165, 1.54) is 30.5 Å². The summed E-state index contributed by atoms with van der Waals surface area (Å²) in [5.74, 6) is 0. The predicted molar refractivity (Wildman–Crippen MR) is 57.1 cm³/mol. The third-order valence-corrected chi connectivity index (χ3v) is 3.22. The van der Waals surface area contributed by atoms with Crippen LogP contribution in [-0.4, -0.2) is 9.97 Å². The zero-order valence-electron chi connectivity index (χ0n) is 9.08. The minimum absolute atomic E-state index is 0.489. The Morgan fingerprint density at radius 2 is 2.07 bits per heavy atom. The van der Waals surface area contributed by atoms with E-state index in [0.29, 0.717) is 5.41 Å². The van der Waals surface area contributed by atoms with Gasteiger partial charge in [-0.15, -0.1) is 0 Å². The van der Waals surface area contributed by atoms with Crippen LogP contribution in [0.5, 0.6) is 0 Å². The van der Waals surface area contributed by atoms with Crippen LogP contribution in [0.4, 0.5) is 0 Å². The Bertz CT molecular complexity index is 318. The highest BCUT2D eigenvalue weighted by Crippen LogP contribution is 2.31. The van der Waals surface area contributed by atoms with Gasteiger partial charge in [0.05, 0.1) is 0 Å². The van der Waals surface area contributed by atoms with Crippen molar-refractivity contribution in [2.45, 2.75) is 46.0 Å². The Hall–Kier alpha value is -0.920. The van der Waals surface area contributed by atoms with Crippen LogP contribution in [0.3, 0.4) is 0 Å². The van der Waals surface area contributed by atoms with Crippen LogP contribution < -0.4 is 0 Å². The fourth-order valence-corrected chi connectivity index (χ4v) is 2.16. The van der Waals surface area contributed by atoms with Crippen LogP contribution in [0.1, 0.15) is 44.4 Å². The van der Waals surface area contributed by atoms with Gasteiger partial charge in [0.25, 0.3) is 0 Å². The average molecular weight is 190 g/mol. The lowest BCUT2D eigenvalue weighted by Crippen LogP contribution is -2.17. The molecule has 0 N–H and O–H groups in total. The van der Waals surface area contributed by atoms with Gasteiger partial charge >= 0.3 is 0 Å². The fourth-order valence-electron chi connectivity index (χ4n) is 2.16. The van der Waals surface area contributed by atoms with Gasteiger partial charge in [-0.3, -0.25) is 0 Å². The van der Waals surface area contributed by atoms with Crippen molar-refractivity contribution in [3.63, 3.8) is 0 Å². The molecular formula is C12H18N2. The first-order valence-electron chi connectivity index (χ1n) is 5.45. The average Bonchev–Trinajstić information content (AvgIpc) is 2.14. The Balaban J connectivity index is 2.21. The molecular weight excluding hydrogens is 172 g/mol. The van der Waals surface area contributed by atoms with E-state index in [9.17, 15) is 0 Å². The number of hydrogen-bond acceptors (Lipinski definition) is 2. The molecule has 0 saturated heterocycles. The van der Waals surface area contributed by atoms with Gasteiger partial charge in [0.15, 0.2) is 0 Å². The van der Waals surface area contributed by atoms with Crippen molar-refractivity contribution in [3.05, 3.63) is 23.8 Å². The minimum atomic E-state index is 0.489. The van der Waals surface area contributed by atoms with E-state index in [0.717, 1.165) is 12.8 Å². The SMILES string of the molecule is CC1(C)CCCc2cncnc2CC1. The third-order valence-electron chi connectivity index (χ3n) is 3.22. The summed E-state index contributed by atoms with van der Waals surface area (Å²) in [6.07, 6.45) is 9.77. The van der Waals surface area contributed by atoms with Crippen LogP contribution >= 0.6 is 0 Å². The maximum absolute atomic E-state index is 4.38. The van der Waals surface area contributed by atoms with Crippen LogP contribution in [0.15, 0.2) is 12.5 Å². The number of nitrogens with zero attached hydrogens (tertiary/aromatic N) is 2.